The molecule has 1 fully saturated rings. The van der Waals surface area contributed by atoms with Gasteiger partial charge in [0.15, 0.2) is 0 Å². The van der Waals surface area contributed by atoms with Crippen LogP contribution in [0.5, 0.6) is 0 Å². The topological polar surface area (TPSA) is 0 Å². The van der Waals surface area contributed by atoms with Gasteiger partial charge in [0.25, 0.3) is 0 Å². The smallest absolute Gasteiger partial charge is 0.0249 e. The maximum Gasteiger partial charge on any atom is 0.0249 e. The molecular formula is C22H24. The quantitative estimate of drug-likeness (QED) is 0.645. The molecule has 0 nitrogen and oxygen atoms in total. The first kappa shape index (κ1) is 14.9. The van der Waals surface area contributed by atoms with E-state index in [2.05, 4.69) is 36.1 Å². The summed E-state index contributed by atoms with van der Waals surface area (Å²) < 4.78 is 0. The fraction of sp³-hybridized carbons (Fsp3) is 0.364. The fourth-order valence-corrected chi connectivity index (χ4v) is 3.27. The molecule has 0 amide bonds. The molecule has 3 rings (SSSR count). The summed E-state index contributed by atoms with van der Waals surface area (Å²) in [5.74, 6) is 7.42. The van der Waals surface area contributed by atoms with Crippen LogP contribution in [0.2, 0.25) is 0 Å². The van der Waals surface area contributed by atoms with Crippen LogP contribution in [0, 0.1) is 17.8 Å². The van der Waals surface area contributed by atoms with Crippen molar-refractivity contribution < 1.29 is 0 Å². The lowest BCUT2D eigenvalue weighted by molar-refractivity contribution is 0.339. The number of aryl methyl sites for hydroxylation is 1. The molecule has 1 saturated carbocycles. The average molecular weight is 288 g/mol. The number of benzene rings is 2. The monoisotopic (exact) mass is 288 g/mol. The molecule has 0 radical (unpaired) electrons. The van der Waals surface area contributed by atoms with Crippen molar-refractivity contribution in [2.45, 2.75) is 44.9 Å². The molecule has 0 heterocycles. The lowest BCUT2D eigenvalue weighted by Crippen LogP contribution is -2.07. The summed E-state index contributed by atoms with van der Waals surface area (Å²) in [6.07, 6.45) is 9.80. The van der Waals surface area contributed by atoms with E-state index in [0.717, 1.165) is 17.0 Å². The second-order valence-corrected chi connectivity index (χ2v) is 6.36. The molecule has 1 aliphatic carbocycles. The summed E-state index contributed by atoms with van der Waals surface area (Å²) in [6, 6.07) is 19.0. The predicted molar refractivity (Wildman–Crippen MR) is 93.8 cm³/mol. The highest BCUT2D eigenvalue weighted by Gasteiger charge is 2.12. The standard InChI is InChI=1S/C22H24/c1-3-7-19(8-4-1)11-13-21-15-17-22(18-16-21)14-12-20-9-5-2-6-10-20/h1,3-4,7-8,15-18,20H,2,5-6,9-10,12,14H2. The Kier molecular flexibility index (Phi) is 5.32. The fourth-order valence-electron chi connectivity index (χ4n) is 3.27. The lowest BCUT2D eigenvalue weighted by Gasteiger charge is -2.21. The van der Waals surface area contributed by atoms with Crippen molar-refractivity contribution in [3.63, 3.8) is 0 Å². The zero-order valence-electron chi connectivity index (χ0n) is 13.2. The average Bonchev–Trinajstić information content (AvgIpc) is 2.61. The highest BCUT2D eigenvalue weighted by molar-refractivity contribution is 5.43. The first-order valence-corrected chi connectivity index (χ1v) is 8.56. The first-order valence-electron chi connectivity index (χ1n) is 8.56. The van der Waals surface area contributed by atoms with Crippen LogP contribution >= 0.6 is 0 Å². The van der Waals surface area contributed by atoms with Gasteiger partial charge in [0, 0.05) is 11.1 Å². The Balaban J connectivity index is 1.55. The third kappa shape index (κ3) is 4.50. The van der Waals surface area contributed by atoms with Crippen LogP contribution < -0.4 is 0 Å². The minimum absolute atomic E-state index is 0.964. The molecule has 0 atom stereocenters. The molecule has 2 aromatic rings. The minimum atomic E-state index is 0.964. The van der Waals surface area contributed by atoms with E-state index in [9.17, 15) is 0 Å². The van der Waals surface area contributed by atoms with Gasteiger partial charge in [-0.05, 0) is 48.6 Å². The Labute approximate surface area is 134 Å². The van der Waals surface area contributed by atoms with Gasteiger partial charge in [-0.3, -0.25) is 0 Å². The van der Waals surface area contributed by atoms with Gasteiger partial charge >= 0.3 is 0 Å². The second-order valence-electron chi connectivity index (χ2n) is 6.36. The number of hydrogen-bond acceptors (Lipinski definition) is 0. The van der Waals surface area contributed by atoms with Crippen LogP contribution in [0.25, 0.3) is 0 Å². The van der Waals surface area contributed by atoms with Crippen molar-refractivity contribution in [1.29, 1.82) is 0 Å². The third-order valence-electron chi connectivity index (χ3n) is 4.64. The number of rotatable bonds is 3. The van der Waals surface area contributed by atoms with Crippen molar-refractivity contribution in [2.75, 3.05) is 0 Å². The summed E-state index contributed by atoms with van der Waals surface area (Å²) in [4.78, 5) is 0. The molecule has 0 aliphatic heterocycles. The van der Waals surface area contributed by atoms with Gasteiger partial charge in [-0.1, -0.05) is 74.3 Å². The van der Waals surface area contributed by atoms with Crippen molar-refractivity contribution in [1.82, 2.24) is 0 Å². The molecule has 22 heavy (non-hydrogen) atoms. The van der Waals surface area contributed by atoms with Crippen LogP contribution in [-0.4, -0.2) is 0 Å². The molecule has 0 heteroatoms. The Bertz CT molecular complexity index is 619. The first-order chi connectivity index (χ1) is 10.9. The van der Waals surface area contributed by atoms with Gasteiger partial charge in [0.05, 0.1) is 0 Å². The zero-order chi connectivity index (χ0) is 15.0. The van der Waals surface area contributed by atoms with E-state index in [1.54, 1.807) is 0 Å². The maximum absolute atomic E-state index is 3.24. The Hall–Kier alpha value is -2.00. The van der Waals surface area contributed by atoms with E-state index in [0.29, 0.717) is 0 Å². The van der Waals surface area contributed by atoms with Gasteiger partial charge in [0.1, 0.15) is 0 Å². The molecule has 0 saturated heterocycles. The molecule has 2 aromatic carbocycles. The van der Waals surface area contributed by atoms with Crippen LogP contribution in [0.4, 0.5) is 0 Å². The molecule has 1 aliphatic rings. The van der Waals surface area contributed by atoms with E-state index in [-0.39, 0.29) is 0 Å². The van der Waals surface area contributed by atoms with E-state index < -0.39 is 0 Å². The highest BCUT2D eigenvalue weighted by atomic mass is 14.2. The van der Waals surface area contributed by atoms with Crippen LogP contribution in [0.3, 0.4) is 0 Å². The Morgan fingerprint density at radius 2 is 1.36 bits per heavy atom. The van der Waals surface area contributed by atoms with Crippen molar-refractivity contribution in [3.8, 4) is 11.8 Å². The maximum atomic E-state index is 3.24. The molecule has 112 valence electrons. The van der Waals surface area contributed by atoms with Gasteiger partial charge in [-0.25, -0.2) is 0 Å². The van der Waals surface area contributed by atoms with E-state index in [1.165, 1.54) is 50.5 Å². The molecular weight excluding hydrogens is 264 g/mol. The highest BCUT2D eigenvalue weighted by Crippen LogP contribution is 2.27. The Morgan fingerprint density at radius 1 is 0.727 bits per heavy atom. The summed E-state index contributed by atoms with van der Waals surface area (Å²) >= 11 is 0. The molecule has 0 spiro atoms. The summed E-state index contributed by atoms with van der Waals surface area (Å²) in [5, 5.41) is 0. The zero-order valence-corrected chi connectivity index (χ0v) is 13.2. The summed E-state index contributed by atoms with van der Waals surface area (Å²) in [6.45, 7) is 0. The van der Waals surface area contributed by atoms with E-state index in [1.807, 2.05) is 30.3 Å². The van der Waals surface area contributed by atoms with Gasteiger partial charge < -0.3 is 0 Å². The van der Waals surface area contributed by atoms with Gasteiger partial charge in [0.2, 0.25) is 0 Å². The largest absolute Gasteiger partial charge is 0.0622 e. The van der Waals surface area contributed by atoms with Crippen LogP contribution in [0.1, 0.15) is 55.2 Å². The van der Waals surface area contributed by atoms with Crippen LogP contribution in [0.15, 0.2) is 54.6 Å². The van der Waals surface area contributed by atoms with Crippen molar-refractivity contribution in [2.24, 2.45) is 5.92 Å². The van der Waals surface area contributed by atoms with Gasteiger partial charge in [-0.2, -0.15) is 0 Å². The summed E-state index contributed by atoms with van der Waals surface area (Å²) in [7, 11) is 0. The lowest BCUT2D eigenvalue weighted by atomic mass is 9.85. The van der Waals surface area contributed by atoms with Crippen LogP contribution in [-0.2, 0) is 6.42 Å². The molecule has 0 bridgehead atoms. The van der Waals surface area contributed by atoms with E-state index >= 15 is 0 Å². The minimum Gasteiger partial charge on any atom is -0.0622 e. The normalized spacial score (nSPS) is 15.1. The predicted octanol–water partition coefficient (Wildman–Crippen LogP) is 5.60. The second kappa shape index (κ2) is 7.85. The number of hydrogen-bond donors (Lipinski definition) is 0. The SMILES string of the molecule is C(#Cc1ccc(CCC2CCCCC2)cc1)c1ccccc1. The molecule has 0 unspecified atom stereocenters. The molecule has 0 N–H and O–H groups in total. The van der Waals surface area contributed by atoms with Crippen molar-refractivity contribution >= 4 is 0 Å². The Morgan fingerprint density at radius 3 is 2.05 bits per heavy atom. The third-order valence-corrected chi connectivity index (χ3v) is 4.64. The summed E-state index contributed by atoms with van der Waals surface area (Å²) in [5.41, 5.74) is 3.63. The van der Waals surface area contributed by atoms with E-state index in [4.69, 9.17) is 0 Å². The van der Waals surface area contributed by atoms with Crippen molar-refractivity contribution in [3.05, 3.63) is 71.3 Å². The van der Waals surface area contributed by atoms with Gasteiger partial charge in [-0.15, -0.1) is 0 Å². The molecule has 0 aromatic heterocycles.